The van der Waals surface area contributed by atoms with Crippen LogP contribution in [0.15, 0.2) is 23.1 Å². The zero-order valence-electron chi connectivity index (χ0n) is 9.99. The minimum atomic E-state index is -0.715. The van der Waals surface area contributed by atoms with Crippen LogP contribution in [-0.2, 0) is 4.79 Å². The van der Waals surface area contributed by atoms with E-state index in [2.05, 4.69) is 39.0 Å². The summed E-state index contributed by atoms with van der Waals surface area (Å²) in [4.78, 5) is 11.7. The second kappa shape index (κ2) is 5.94. The Hall–Kier alpha value is -0.960. The SMILES string of the molecule is Cc1ccc(SC(C)CCC(=O)O)c(C)c1. The third-order valence-corrected chi connectivity index (χ3v) is 3.77. The van der Waals surface area contributed by atoms with Crippen LogP contribution in [0.2, 0.25) is 0 Å². The van der Waals surface area contributed by atoms with Crippen molar-refractivity contribution in [2.75, 3.05) is 0 Å². The Morgan fingerprint density at radius 3 is 2.69 bits per heavy atom. The number of rotatable bonds is 5. The fourth-order valence-electron chi connectivity index (χ4n) is 1.53. The summed E-state index contributed by atoms with van der Waals surface area (Å²) in [7, 11) is 0. The van der Waals surface area contributed by atoms with Crippen LogP contribution in [0, 0.1) is 13.8 Å². The molecular formula is C13H18O2S. The minimum absolute atomic E-state index is 0.249. The van der Waals surface area contributed by atoms with Crippen LogP contribution in [0.25, 0.3) is 0 Å². The van der Waals surface area contributed by atoms with Gasteiger partial charge in [-0.05, 0) is 31.9 Å². The number of aryl methyl sites for hydroxylation is 2. The molecular weight excluding hydrogens is 220 g/mol. The topological polar surface area (TPSA) is 37.3 Å². The first kappa shape index (κ1) is 13.1. The average Bonchev–Trinajstić information content (AvgIpc) is 2.19. The lowest BCUT2D eigenvalue weighted by Gasteiger charge is -2.12. The van der Waals surface area contributed by atoms with E-state index in [0.29, 0.717) is 11.7 Å². The molecule has 1 N–H and O–H groups in total. The average molecular weight is 238 g/mol. The van der Waals surface area contributed by atoms with Gasteiger partial charge in [0.2, 0.25) is 0 Å². The summed E-state index contributed by atoms with van der Waals surface area (Å²) >= 11 is 1.76. The van der Waals surface area contributed by atoms with Gasteiger partial charge in [-0.1, -0.05) is 24.6 Å². The normalized spacial score (nSPS) is 12.4. The van der Waals surface area contributed by atoms with E-state index >= 15 is 0 Å². The fourth-order valence-corrected chi connectivity index (χ4v) is 2.59. The summed E-state index contributed by atoms with van der Waals surface area (Å²) in [6.45, 7) is 6.25. The van der Waals surface area contributed by atoms with E-state index in [1.165, 1.54) is 16.0 Å². The van der Waals surface area contributed by atoms with Gasteiger partial charge < -0.3 is 5.11 Å². The number of carbonyl (C=O) groups is 1. The number of hydrogen-bond donors (Lipinski definition) is 1. The maximum Gasteiger partial charge on any atom is 0.303 e. The van der Waals surface area contributed by atoms with E-state index in [-0.39, 0.29) is 6.42 Å². The Labute approximate surface area is 101 Å². The first-order valence-corrected chi connectivity index (χ1v) is 6.32. The highest BCUT2D eigenvalue weighted by molar-refractivity contribution is 8.00. The van der Waals surface area contributed by atoms with E-state index in [0.717, 1.165) is 0 Å². The number of carboxylic acid groups (broad SMARTS) is 1. The van der Waals surface area contributed by atoms with Gasteiger partial charge in [0.05, 0.1) is 0 Å². The van der Waals surface area contributed by atoms with Crippen molar-refractivity contribution in [1.82, 2.24) is 0 Å². The van der Waals surface area contributed by atoms with Gasteiger partial charge in [0.1, 0.15) is 0 Å². The van der Waals surface area contributed by atoms with Gasteiger partial charge in [-0.2, -0.15) is 0 Å². The predicted octanol–water partition coefficient (Wildman–Crippen LogP) is 3.65. The Balaban J connectivity index is 2.55. The van der Waals surface area contributed by atoms with Crippen molar-refractivity contribution in [2.24, 2.45) is 0 Å². The predicted molar refractivity (Wildman–Crippen MR) is 68.1 cm³/mol. The van der Waals surface area contributed by atoms with E-state index in [1.807, 2.05) is 0 Å². The van der Waals surface area contributed by atoms with Crippen LogP contribution in [0.3, 0.4) is 0 Å². The van der Waals surface area contributed by atoms with Crippen LogP contribution < -0.4 is 0 Å². The van der Waals surface area contributed by atoms with Crippen molar-refractivity contribution in [3.05, 3.63) is 29.3 Å². The van der Waals surface area contributed by atoms with Crippen molar-refractivity contribution < 1.29 is 9.90 Å². The van der Waals surface area contributed by atoms with Gasteiger partial charge in [-0.15, -0.1) is 11.8 Å². The van der Waals surface area contributed by atoms with Gasteiger partial charge in [0.25, 0.3) is 0 Å². The second-order valence-corrected chi connectivity index (χ2v) is 5.61. The Morgan fingerprint density at radius 1 is 1.44 bits per heavy atom. The molecule has 1 unspecified atom stereocenters. The van der Waals surface area contributed by atoms with Gasteiger partial charge >= 0.3 is 5.97 Å². The van der Waals surface area contributed by atoms with Gasteiger partial charge in [0, 0.05) is 16.6 Å². The first-order chi connectivity index (χ1) is 7.49. The van der Waals surface area contributed by atoms with E-state index < -0.39 is 5.97 Å². The lowest BCUT2D eigenvalue weighted by Crippen LogP contribution is -2.02. The summed E-state index contributed by atoms with van der Waals surface area (Å²) in [6, 6.07) is 6.37. The largest absolute Gasteiger partial charge is 0.481 e. The van der Waals surface area contributed by atoms with Crippen LogP contribution in [0.5, 0.6) is 0 Å². The molecule has 1 rings (SSSR count). The molecule has 0 saturated carbocycles. The molecule has 0 bridgehead atoms. The quantitative estimate of drug-likeness (QED) is 0.796. The maximum atomic E-state index is 10.5. The third-order valence-electron chi connectivity index (χ3n) is 2.42. The molecule has 0 fully saturated rings. The van der Waals surface area contributed by atoms with Crippen molar-refractivity contribution >= 4 is 17.7 Å². The lowest BCUT2D eigenvalue weighted by atomic mass is 10.2. The standard InChI is InChI=1S/C13H18O2S/c1-9-4-6-12(10(2)8-9)16-11(3)5-7-13(14)15/h4,6,8,11H,5,7H2,1-3H3,(H,14,15). The lowest BCUT2D eigenvalue weighted by molar-refractivity contribution is -0.137. The Bertz CT molecular complexity index is 374. The molecule has 0 radical (unpaired) electrons. The molecule has 1 atom stereocenters. The van der Waals surface area contributed by atoms with Crippen LogP contribution in [0.1, 0.15) is 30.9 Å². The monoisotopic (exact) mass is 238 g/mol. The second-order valence-electron chi connectivity index (χ2n) is 4.13. The van der Waals surface area contributed by atoms with Crippen LogP contribution in [0.4, 0.5) is 0 Å². The molecule has 88 valence electrons. The summed E-state index contributed by atoms with van der Waals surface area (Å²) in [6.07, 6.45) is 0.965. The van der Waals surface area contributed by atoms with Gasteiger partial charge in [-0.3, -0.25) is 4.79 Å². The van der Waals surface area contributed by atoms with Crippen molar-refractivity contribution in [1.29, 1.82) is 0 Å². The molecule has 0 heterocycles. The first-order valence-electron chi connectivity index (χ1n) is 5.44. The van der Waals surface area contributed by atoms with Crippen molar-refractivity contribution in [3.8, 4) is 0 Å². The summed E-state index contributed by atoms with van der Waals surface area (Å²) in [5.41, 5.74) is 2.53. The Morgan fingerprint density at radius 2 is 2.12 bits per heavy atom. The summed E-state index contributed by atoms with van der Waals surface area (Å²) in [5, 5.41) is 8.96. The summed E-state index contributed by atoms with van der Waals surface area (Å²) < 4.78 is 0. The van der Waals surface area contributed by atoms with Gasteiger partial charge in [-0.25, -0.2) is 0 Å². The van der Waals surface area contributed by atoms with Gasteiger partial charge in [0.15, 0.2) is 0 Å². The minimum Gasteiger partial charge on any atom is -0.481 e. The number of thioether (sulfide) groups is 1. The molecule has 0 spiro atoms. The van der Waals surface area contributed by atoms with Crippen LogP contribution in [-0.4, -0.2) is 16.3 Å². The molecule has 2 nitrogen and oxygen atoms in total. The number of benzene rings is 1. The molecule has 3 heteroatoms. The van der Waals surface area contributed by atoms with E-state index in [1.54, 1.807) is 11.8 Å². The smallest absolute Gasteiger partial charge is 0.303 e. The molecule has 16 heavy (non-hydrogen) atoms. The summed E-state index contributed by atoms with van der Waals surface area (Å²) in [5.74, 6) is -0.715. The van der Waals surface area contributed by atoms with Crippen molar-refractivity contribution in [3.63, 3.8) is 0 Å². The fraction of sp³-hybridized carbons (Fsp3) is 0.462. The zero-order valence-corrected chi connectivity index (χ0v) is 10.8. The highest BCUT2D eigenvalue weighted by atomic mass is 32.2. The molecule has 1 aromatic rings. The highest BCUT2D eigenvalue weighted by Crippen LogP contribution is 2.29. The molecule has 0 amide bonds. The zero-order chi connectivity index (χ0) is 12.1. The molecule has 0 aliphatic carbocycles. The molecule has 0 saturated heterocycles. The highest BCUT2D eigenvalue weighted by Gasteiger charge is 2.08. The number of hydrogen-bond acceptors (Lipinski definition) is 2. The third kappa shape index (κ3) is 4.27. The molecule has 0 aliphatic rings. The molecule has 0 aromatic heterocycles. The van der Waals surface area contributed by atoms with Crippen LogP contribution >= 0.6 is 11.8 Å². The molecule has 1 aromatic carbocycles. The van der Waals surface area contributed by atoms with E-state index in [4.69, 9.17) is 5.11 Å². The number of carboxylic acids is 1. The maximum absolute atomic E-state index is 10.5. The van der Waals surface area contributed by atoms with E-state index in [9.17, 15) is 4.79 Å². The number of aliphatic carboxylic acids is 1. The Kier molecular flexibility index (Phi) is 4.87. The molecule has 0 aliphatic heterocycles. The van der Waals surface area contributed by atoms with Crippen molar-refractivity contribution in [2.45, 2.75) is 43.8 Å².